The smallest absolute Gasteiger partial charge is 0.234 e. The van der Waals surface area contributed by atoms with Crippen molar-refractivity contribution in [3.8, 4) is 5.69 Å². The van der Waals surface area contributed by atoms with E-state index in [1.54, 1.807) is 0 Å². The summed E-state index contributed by atoms with van der Waals surface area (Å²) >= 11 is 0. The number of aromatic nitrogens is 1. The van der Waals surface area contributed by atoms with Crippen LogP contribution in [-0.2, 0) is 17.6 Å². The van der Waals surface area contributed by atoms with Crippen molar-refractivity contribution < 1.29 is 9.59 Å². The first-order valence-corrected chi connectivity index (χ1v) is 11.9. The molecule has 32 heavy (non-hydrogen) atoms. The third kappa shape index (κ3) is 4.97. The van der Waals surface area contributed by atoms with Gasteiger partial charge in [0.25, 0.3) is 0 Å². The summed E-state index contributed by atoms with van der Waals surface area (Å²) in [5, 5.41) is 2.95. The van der Waals surface area contributed by atoms with Crippen LogP contribution in [0.4, 0.5) is 0 Å². The average Bonchev–Trinajstić information content (AvgIpc) is 3.32. The zero-order valence-electron chi connectivity index (χ0n) is 19.9. The molecule has 2 aromatic rings. The number of hydrogen-bond acceptors (Lipinski definition) is 4. The number of piperazine rings is 1. The van der Waals surface area contributed by atoms with Crippen LogP contribution in [0.25, 0.3) is 5.69 Å². The van der Waals surface area contributed by atoms with Gasteiger partial charge in [-0.3, -0.25) is 19.4 Å². The zero-order valence-corrected chi connectivity index (χ0v) is 19.9. The molecular formula is C26H36N4O2. The van der Waals surface area contributed by atoms with Gasteiger partial charge in [-0.2, -0.15) is 0 Å². The normalized spacial score (nSPS) is 17.0. The number of aryl methyl sites for hydroxylation is 3. The summed E-state index contributed by atoms with van der Waals surface area (Å²) in [6.07, 6.45) is 3.57. The molecule has 1 N–H and O–H groups in total. The molecule has 172 valence electrons. The first-order chi connectivity index (χ1) is 15.3. The van der Waals surface area contributed by atoms with Crippen molar-refractivity contribution in [3.05, 3.63) is 52.3 Å². The molecule has 0 atom stereocenters. The van der Waals surface area contributed by atoms with Crippen molar-refractivity contribution in [3.63, 3.8) is 0 Å². The molecule has 1 amide bonds. The Bertz CT molecular complexity index is 999. The van der Waals surface area contributed by atoms with E-state index in [1.807, 2.05) is 19.9 Å². The zero-order chi connectivity index (χ0) is 22.8. The van der Waals surface area contributed by atoms with Crippen molar-refractivity contribution in [2.45, 2.75) is 53.0 Å². The third-order valence-corrected chi connectivity index (χ3v) is 6.72. The van der Waals surface area contributed by atoms with Gasteiger partial charge < -0.3 is 9.88 Å². The lowest BCUT2D eigenvalue weighted by Gasteiger charge is -2.34. The Morgan fingerprint density at radius 3 is 2.28 bits per heavy atom. The summed E-state index contributed by atoms with van der Waals surface area (Å²) in [5.74, 6) is 0.250. The van der Waals surface area contributed by atoms with Crippen LogP contribution in [0.1, 0.15) is 53.1 Å². The maximum atomic E-state index is 13.2. The van der Waals surface area contributed by atoms with Gasteiger partial charge in [-0.1, -0.05) is 6.07 Å². The van der Waals surface area contributed by atoms with Crippen LogP contribution in [0.5, 0.6) is 0 Å². The molecule has 2 heterocycles. The standard InChI is InChI=1S/C26H36N4O2/c1-18(2)27-26(32)17-29-12-10-28(11-13-29)16-25(31)24-14-19(3)30(20(24)4)23-9-8-21-6-5-7-22(21)15-23/h8-9,14-15,18H,5-7,10-13,16-17H2,1-4H3,(H,27,32). The molecule has 1 saturated heterocycles. The van der Waals surface area contributed by atoms with Crippen LogP contribution in [0, 0.1) is 13.8 Å². The maximum absolute atomic E-state index is 13.2. The van der Waals surface area contributed by atoms with E-state index in [0.29, 0.717) is 13.1 Å². The number of ketones is 1. The number of carbonyl (C=O) groups excluding carboxylic acids is 2. The summed E-state index contributed by atoms with van der Waals surface area (Å²) in [7, 11) is 0. The molecule has 0 unspecified atom stereocenters. The lowest BCUT2D eigenvalue weighted by atomic mass is 10.1. The highest BCUT2D eigenvalue weighted by Crippen LogP contribution is 2.27. The molecule has 4 rings (SSSR count). The lowest BCUT2D eigenvalue weighted by Crippen LogP contribution is -2.51. The predicted octanol–water partition coefficient (Wildman–Crippen LogP) is 2.91. The molecule has 0 radical (unpaired) electrons. The van der Waals surface area contributed by atoms with Crippen LogP contribution in [0.3, 0.4) is 0 Å². The Kier molecular flexibility index (Phi) is 6.82. The van der Waals surface area contributed by atoms with Crippen molar-refractivity contribution in [2.24, 2.45) is 0 Å². The number of amides is 1. The molecule has 0 spiro atoms. The molecule has 1 aromatic heterocycles. The summed E-state index contributed by atoms with van der Waals surface area (Å²) in [5.41, 5.74) is 7.02. The Balaban J connectivity index is 1.38. The van der Waals surface area contributed by atoms with Gasteiger partial charge in [-0.15, -0.1) is 0 Å². The minimum Gasteiger partial charge on any atom is -0.353 e. The van der Waals surface area contributed by atoms with Crippen molar-refractivity contribution in [2.75, 3.05) is 39.3 Å². The van der Waals surface area contributed by atoms with Crippen molar-refractivity contribution >= 4 is 11.7 Å². The summed E-state index contributed by atoms with van der Waals surface area (Å²) in [4.78, 5) is 29.5. The third-order valence-electron chi connectivity index (χ3n) is 6.72. The summed E-state index contributed by atoms with van der Waals surface area (Å²) < 4.78 is 2.22. The van der Waals surface area contributed by atoms with E-state index in [4.69, 9.17) is 0 Å². The van der Waals surface area contributed by atoms with Crippen LogP contribution in [-0.4, -0.2) is 71.4 Å². The van der Waals surface area contributed by atoms with E-state index >= 15 is 0 Å². The van der Waals surface area contributed by atoms with Crippen molar-refractivity contribution in [1.29, 1.82) is 0 Å². The number of benzene rings is 1. The molecule has 1 aliphatic carbocycles. The predicted molar refractivity (Wildman–Crippen MR) is 128 cm³/mol. The second kappa shape index (κ2) is 9.59. The van der Waals surface area contributed by atoms with Crippen LogP contribution in [0.15, 0.2) is 24.3 Å². The molecule has 6 nitrogen and oxygen atoms in total. The first-order valence-electron chi connectivity index (χ1n) is 11.9. The summed E-state index contributed by atoms with van der Waals surface area (Å²) in [6.45, 7) is 12.2. The average molecular weight is 437 g/mol. The highest BCUT2D eigenvalue weighted by molar-refractivity contribution is 5.99. The number of carbonyl (C=O) groups is 2. The topological polar surface area (TPSA) is 57.6 Å². The van der Waals surface area contributed by atoms with Gasteiger partial charge in [0.05, 0.1) is 13.1 Å². The van der Waals surface area contributed by atoms with Gasteiger partial charge >= 0.3 is 0 Å². The largest absolute Gasteiger partial charge is 0.353 e. The van der Waals surface area contributed by atoms with Crippen molar-refractivity contribution in [1.82, 2.24) is 19.7 Å². The van der Waals surface area contributed by atoms with E-state index in [1.165, 1.54) is 24.0 Å². The number of hydrogen-bond donors (Lipinski definition) is 1. The lowest BCUT2D eigenvalue weighted by molar-refractivity contribution is -0.123. The van der Waals surface area contributed by atoms with E-state index in [9.17, 15) is 9.59 Å². The van der Waals surface area contributed by atoms with Crippen LogP contribution >= 0.6 is 0 Å². The van der Waals surface area contributed by atoms with E-state index in [0.717, 1.165) is 55.2 Å². The molecule has 2 aliphatic rings. The van der Waals surface area contributed by atoms with Gasteiger partial charge in [0, 0.05) is 54.9 Å². The van der Waals surface area contributed by atoms with Crippen LogP contribution < -0.4 is 5.32 Å². The fourth-order valence-electron chi connectivity index (χ4n) is 5.10. The van der Waals surface area contributed by atoms with Crippen LogP contribution in [0.2, 0.25) is 0 Å². The highest BCUT2D eigenvalue weighted by atomic mass is 16.2. The van der Waals surface area contributed by atoms with Gasteiger partial charge in [-0.05, 0) is 76.3 Å². The molecule has 1 aliphatic heterocycles. The number of Topliss-reactive ketones (excluding diaryl/α,β-unsaturated/α-hetero) is 1. The number of nitrogens with one attached hydrogen (secondary N) is 1. The Hall–Kier alpha value is -2.44. The fraction of sp³-hybridized carbons (Fsp3) is 0.538. The molecular weight excluding hydrogens is 400 g/mol. The number of fused-ring (bicyclic) bond motifs is 1. The highest BCUT2D eigenvalue weighted by Gasteiger charge is 2.24. The molecule has 0 saturated carbocycles. The number of rotatable bonds is 7. The Morgan fingerprint density at radius 1 is 0.938 bits per heavy atom. The molecule has 1 aromatic carbocycles. The second-order valence-corrected chi connectivity index (χ2v) is 9.62. The number of nitrogens with zero attached hydrogens (tertiary/aromatic N) is 3. The first kappa shape index (κ1) is 22.7. The van der Waals surface area contributed by atoms with Gasteiger partial charge in [0.2, 0.25) is 5.91 Å². The van der Waals surface area contributed by atoms with E-state index < -0.39 is 0 Å². The van der Waals surface area contributed by atoms with Gasteiger partial charge in [-0.25, -0.2) is 0 Å². The summed E-state index contributed by atoms with van der Waals surface area (Å²) in [6, 6.07) is 8.94. The molecule has 0 bridgehead atoms. The second-order valence-electron chi connectivity index (χ2n) is 9.62. The fourth-order valence-corrected chi connectivity index (χ4v) is 5.10. The molecule has 1 fully saturated rings. The minimum absolute atomic E-state index is 0.0727. The van der Waals surface area contributed by atoms with Gasteiger partial charge in [0.1, 0.15) is 0 Å². The van der Waals surface area contributed by atoms with Gasteiger partial charge in [0.15, 0.2) is 5.78 Å². The Morgan fingerprint density at radius 2 is 1.59 bits per heavy atom. The SMILES string of the molecule is Cc1cc(C(=O)CN2CCN(CC(=O)NC(C)C)CC2)c(C)n1-c1ccc2c(c1)CCC2. The minimum atomic E-state index is 0.0727. The van der Waals surface area contributed by atoms with E-state index in [2.05, 4.69) is 51.7 Å². The maximum Gasteiger partial charge on any atom is 0.234 e. The van der Waals surface area contributed by atoms with E-state index in [-0.39, 0.29) is 17.7 Å². The molecule has 6 heteroatoms. The Labute approximate surface area is 191 Å². The quantitative estimate of drug-likeness (QED) is 0.678. The monoisotopic (exact) mass is 436 g/mol.